The summed E-state index contributed by atoms with van der Waals surface area (Å²) in [4.78, 5) is 66.2. The lowest BCUT2D eigenvalue weighted by molar-refractivity contribution is -0.157. The molecule has 0 bridgehead atoms. The third-order valence-corrected chi connectivity index (χ3v) is 8.38. The number of rotatable bonds is 11. The van der Waals surface area contributed by atoms with Crippen molar-refractivity contribution in [3.05, 3.63) is 0 Å². The van der Waals surface area contributed by atoms with Gasteiger partial charge in [0.2, 0.25) is 17.7 Å². The van der Waals surface area contributed by atoms with Gasteiger partial charge in [-0.2, -0.15) is 0 Å². The molecule has 41 heavy (non-hydrogen) atoms. The van der Waals surface area contributed by atoms with Gasteiger partial charge in [-0.1, -0.05) is 34.6 Å². The van der Waals surface area contributed by atoms with Crippen LogP contribution in [0.15, 0.2) is 0 Å². The number of amides is 4. The van der Waals surface area contributed by atoms with Crippen molar-refractivity contribution in [2.75, 3.05) is 13.7 Å². The first-order valence-corrected chi connectivity index (χ1v) is 14.1. The van der Waals surface area contributed by atoms with E-state index in [9.17, 15) is 32.8 Å². The Bertz CT molecular complexity index is 1050. The van der Waals surface area contributed by atoms with Gasteiger partial charge in [-0.3, -0.25) is 19.2 Å². The zero-order chi connectivity index (χ0) is 31.1. The van der Waals surface area contributed by atoms with Gasteiger partial charge in [0.1, 0.15) is 12.1 Å². The van der Waals surface area contributed by atoms with Crippen LogP contribution in [0.2, 0.25) is 0 Å². The smallest absolute Gasteiger partial charge is 0.407 e. The molecule has 0 spiro atoms. The minimum Gasteiger partial charge on any atom is -0.453 e. The van der Waals surface area contributed by atoms with Crippen molar-refractivity contribution in [2.45, 2.75) is 110 Å². The number of methoxy groups -OCH3 is 1. The quantitative estimate of drug-likeness (QED) is 0.316. The normalized spacial score (nSPS) is 25.2. The molecule has 0 aromatic rings. The number of hydrogen-bond acceptors (Lipinski definition) is 7. The second kappa shape index (κ2) is 11.7. The molecular formula is C28H44F2N4O7. The van der Waals surface area contributed by atoms with Crippen LogP contribution >= 0.6 is 0 Å². The second-order valence-corrected chi connectivity index (χ2v) is 13.4. The fourth-order valence-electron chi connectivity index (χ4n) is 5.79. The lowest BCUT2D eigenvalue weighted by Crippen LogP contribution is -2.61. The topological polar surface area (TPSA) is 143 Å². The number of halogens is 2. The highest BCUT2D eigenvalue weighted by Crippen LogP contribution is 2.65. The van der Waals surface area contributed by atoms with Crippen molar-refractivity contribution in [1.29, 1.82) is 0 Å². The average molecular weight is 587 g/mol. The van der Waals surface area contributed by atoms with Crippen molar-refractivity contribution in [3.63, 3.8) is 0 Å². The SMILES string of the molecule is COC(=O)N[C@H](C(=O)N1C[C@H]2[C@@H]([C@H]1C(=O)N[C@@H](CCC(C)(F)F)C(OC(C)=O)C(=O)NC1CC1)C2(C)C)C(C)(C)C. The molecule has 3 fully saturated rings. The molecule has 1 unspecified atom stereocenters. The van der Waals surface area contributed by atoms with E-state index in [0.717, 1.165) is 26.7 Å². The molecule has 11 nitrogen and oxygen atoms in total. The maximum Gasteiger partial charge on any atom is 0.407 e. The Hall–Kier alpha value is -2.99. The first-order valence-electron chi connectivity index (χ1n) is 14.1. The minimum atomic E-state index is -3.10. The van der Waals surface area contributed by atoms with Crippen LogP contribution in [0.25, 0.3) is 0 Å². The molecule has 2 aliphatic carbocycles. The van der Waals surface area contributed by atoms with Crippen LogP contribution in [0, 0.1) is 22.7 Å². The number of alkyl halides is 2. The number of alkyl carbamates (subject to hydrolysis) is 1. The Morgan fingerprint density at radius 1 is 1.05 bits per heavy atom. The number of fused-ring (bicyclic) bond motifs is 1. The number of carbonyl (C=O) groups excluding carboxylic acids is 5. The summed E-state index contributed by atoms with van der Waals surface area (Å²) in [5, 5.41) is 8.00. The zero-order valence-electron chi connectivity index (χ0n) is 25.1. The van der Waals surface area contributed by atoms with Gasteiger partial charge < -0.3 is 30.3 Å². The van der Waals surface area contributed by atoms with Gasteiger partial charge >= 0.3 is 12.1 Å². The van der Waals surface area contributed by atoms with Gasteiger partial charge in [-0.15, -0.1) is 0 Å². The molecule has 1 heterocycles. The number of esters is 1. The van der Waals surface area contributed by atoms with E-state index in [1.165, 1.54) is 12.0 Å². The Morgan fingerprint density at radius 2 is 1.66 bits per heavy atom. The first-order chi connectivity index (χ1) is 18.8. The number of likely N-dealkylation sites (tertiary alicyclic amines) is 1. The van der Waals surface area contributed by atoms with Gasteiger partial charge in [-0.05, 0) is 48.9 Å². The molecule has 0 aromatic heterocycles. The Morgan fingerprint density at radius 3 is 2.15 bits per heavy atom. The van der Waals surface area contributed by atoms with Gasteiger partial charge in [0.25, 0.3) is 5.91 Å². The van der Waals surface area contributed by atoms with E-state index in [1.807, 2.05) is 13.8 Å². The van der Waals surface area contributed by atoms with Crippen LogP contribution in [0.3, 0.4) is 0 Å². The maximum atomic E-state index is 13.9. The number of hydrogen-bond donors (Lipinski definition) is 3. The van der Waals surface area contributed by atoms with Crippen LogP contribution in [0.5, 0.6) is 0 Å². The summed E-state index contributed by atoms with van der Waals surface area (Å²) in [5.74, 6) is -5.92. The average Bonchev–Trinajstić information content (AvgIpc) is 3.68. The summed E-state index contributed by atoms with van der Waals surface area (Å²) in [6, 6.07) is -3.36. The molecule has 0 aromatic carbocycles. The fraction of sp³-hybridized carbons (Fsp3) is 0.821. The molecule has 2 saturated carbocycles. The predicted octanol–water partition coefficient (Wildman–Crippen LogP) is 2.37. The van der Waals surface area contributed by atoms with Gasteiger partial charge in [0, 0.05) is 25.9 Å². The minimum absolute atomic E-state index is 0.00167. The number of piperidine rings is 1. The number of nitrogens with one attached hydrogen (secondary N) is 3. The first kappa shape index (κ1) is 32.5. The molecule has 1 saturated heterocycles. The third kappa shape index (κ3) is 7.85. The number of carbonyl (C=O) groups is 5. The van der Waals surface area contributed by atoms with Crippen molar-refractivity contribution in [1.82, 2.24) is 20.9 Å². The standard InChI is InChI=1S/C28H44F2N4O7/c1-14(35)41-20(23(37)31-15-9-10-15)17(11-12-28(7,29)30)32-22(36)19-18-16(27(18,5)6)13-34(19)24(38)21(26(2,3)4)33-25(39)40-8/h15-21H,9-13H2,1-8H3,(H,31,37)(H,32,36)(H,33,39)/t16-,17-,18-,19-,20?,21+/m0/s1. The molecule has 232 valence electrons. The van der Waals surface area contributed by atoms with Crippen LogP contribution in [0.4, 0.5) is 13.6 Å². The summed E-state index contributed by atoms with van der Waals surface area (Å²) in [6.07, 6.45) is -1.86. The zero-order valence-corrected chi connectivity index (χ0v) is 25.1. The van der Waals surface area contributed by atoms with E-state index in [4.69, 9.17) is 9.47 Å². The molecule has 6 atom stereocenters. The van der Waals surface area contributed by atoms with E-state index >= 15 is 0 Å². The van der Waals surface area contributed by atoms with Crippen LogP contribution < -0.4 is 16.0 Å². The van der Waals surface area contributed by atoms with E-state index in [-0.39, 0.29) is 36.3 Å². The van der Waals surface area contributed by atoms with E-state index in [0.29, 0.717) is 0 Å². The summed E-state index contributed by atoms with van der Waals surface area (Å²) in [7, 11) is 1.18. The molecule has 0 radical (unpaired) electrons. The highest BCUT2D eigenvalue weighted by molar-refractivity contribution is 5.94. The molecule has 4 amide bonds. The summed E-state index contributed by atoms with van der Waals surface area (Å²) < 4.78 is 37.8. The van der Waals surface area contributed by atoms with E-state index in [2.05, 4.69) is 16.0 Å². The van der Waals surface area contributed by atoms with Gasteiger partial charge in [-0.25, -0.2) is 13.6 Å². The van der Waals surface area contributed by atoms with E-state index < -0.39 is 71.8 Å². The fourth-order valence-corrected chi connectivity index (χ4v) is 5.79. The van der Waals surface area contributed by atoms with Crippen molar-refractivity contribution >= 4 is 29.8 Å². The Kier molecular flexibility index (Phi) is 9.29. The predicted molar refractivity (Wildman–Crippen MR) is 144 cm³/mol. The molecular weight excluding hydrogens is 542 g/mol. The van der Waals surface area contributed by atoms with Crippen LogP contribution in [-0.4, -0.2) is 84.5 Å². The maximum absolute atomic E-state index is 13.9. The molecule has 3 N–H and O–H groups in total. The second-order valence-electron chi connectivity index (χ2n) is 13.4. The largest absolute Gasteiger partial charge is 0.453 e. The summed E-state index contributed by atoms with van der Waals surface area (Å²) in [5.41, 5.74) is -0.998. The lowest BCUT2D eigenvalue weighted by Gasteiger charge is -2.38. The summed E-state index contributed by atoms with van der Waals surface area (Å²) in [6.45, 7) is 11.4. The highest BCUT2D eigenvalue weighted by Gasteiger charge is 2.70. The van der Waals surface area contributed by atoms with Crippen LogP contribution in [0.1, 0.15) is 74.1 Å². The van der Waals surface area contributed by atoms with E-state index in [1.54, 1.807) is 20.8 Å². The van der Waals surface area contributed by atoms with Gasteiger partial charge in [0.05, 0.1) is 13.2 Å². The molecule has 3 rings (SSSR count). The summed E-state index contributed by atoms with van der Waals surface area (Å²) >= 11 is 0. The lowest BCUT2D eigenvalue weighted by atomic mass is 9.85. The van der Waals surface area contributed by atoms with Gasteiger partial charge in [0.15, 0.2) is 6.10 Å². The van der Waals surface area contributed by atoms with Crippen molar-refractivity contribution in [3.8, 4) is 0 Å². The third-order valence-electron chi connectivity index (χ3n) is 8.38. The number of ether oxygens (including phenoxy) is 2. The monoisotopic (exact) mass is 586 g/mol. The van der Waals surface area contributed by atoms with Crippen LogP contribution in [-0.2, 0) is 28.7 Å². The Labute approximate surface area is 239 Å². The molecule has 3 aliphatic rings. The molecule has 13 heteroatoms. The van der Waals surface area contributed by atoms with Crippen molar-refractivity contribution < 1.29 is 42.2 Å². The van der Waals surface area contributed by atoms with Crippen molar-refractivity contribution in [2.24, 2.45) is 22.7 Å². The Balaban J connectivity index is 1.91. The molecule has 1 aliphatic heterocycles. The highest BCUT2D eigenvalue weighted by atomic mass is 19.3. The number of nitrogens with zero attached hydrogens (tertiary/aromatic N) is 1.